The Labute approximate surface area is 440 Å². The van der Waals surface area contributed by atoms with Gasteiger partial charge in [-0.15, -0.1) is 0 Å². The zero-order valence-corrected chi connectivity index (χ0v) is 44.8. The van der Waals surface area contributed by atoms with Gasteiger partial charge in [0.15, 0.2) is 0 Å². The van der Waals surface area contributed by atoms with E-state index in [1.54, 1.807) is 48.5 Å². The molecule has 2 fully saturated rings. The number of halogens is 18. The number of hydrogen-bond donors (Lipinski definition) is 3. The fourth-order valence-corrected chi connectivity index (χ4v) is 8.18. The smallest absolute Gasteiger partial charge is 0.428 e. The quantitative estimate of drug-likeness (QED) is 0.0309. The van der Waals surface area contributed by atoms with E-state index in [0.717, 1.165) is 6.42 Å². The Hall–Kier alpha value is -3.09. The predicted octanol–water partition coefficient (Wildman–Crippen LogP) is 12.3. The van der Waals surface area contributed by atoms with Gasteiger partial charge in [-0.3, -0.25) is 14.4 Å². The number of carbonyl (C=O) groups excluding carboxylic acids is 3. The average Bonchev–Trinajstić information content (AvgIpc) is 3.92. The van der Waals surface area contributed by atoms with Crippen LogP contribution in [0, 0.1) is 34.0 Å². The highest BCUT2D eigenvalue weighted by atomic mass is 19.4. The van der Waals surface area contributed by atoms with Crippen LogP contribution >= 0.6 is 0 Å². The molecule has 2 rings (SSSR count). The largest absolute Gasteiger partial charge is 0.466 e. The van der Waals surface area contributed by atoms with Gasteiger partial charge in [-0.05, 0) is 104 Å². The number of rotatable bonds is 27. The van der Waals surface area contributed by atoms with Gasteiger partial charge in [-0.1, -0.05) is 40.5 Å². The lowest BCUT2D eigenvalue weighted by Crippen LogP contribution is -2.63. The molecule has 2 bridgehead atoms. The summed E-state index contributed by atoms with van der Waals surface area (Å²) in [6.07, 6.45) is -34.4. The van der Waals surface area contributed by atoms with Crippen LogP contribution in [0.3, 0.4) is 0 Å². The molecule has 0 radical (unpaired) electrons. The molecule has 0 aromatic rings. The maximum absolute atomic E-state index is 13.3. The molecule has 2 aliphatic carbocycles. The second-order valence-corrected chi connectivity index (χ2v) is 20.2. The number of fused-ring (bicyclic) bond motifs is 2. The van der Waals surface area contributed by atoms with Crippen molar-refractivity contribution in [1.29, 1.82) is 0 Å². The molecule has 7 atom stereocenters. The minimum Gasteiger partial charge on any atom is -0.466 e. The third kappa shape index (κ3) is 19.0. The summed E-state index contributed by atoms with van der Waals surface area (Å²) in [6, 6.07) is 0. The first-order chi connectivity index (χ1) is 35.2. The number of unbranched alkanes of at least 4 members (excludes halogenated alkanes) is 2. The summed E-state index contributed by atoms with van der Waals surface area (Å²) in [6.45, 7) is 11.6. The van der Waals surface area contributed by atoms with Gasteiger partial charge in [-0.25, -0.2) is 0 Å². The minimum atomic E-state index is -5.89. The zero-order chi connectivity index (χ0) is 61.4. The summed E-state index contributed by atoms with van der Waals surface area (Å²) in [5, 5.41) is 27.7. The Balaban J connectivity index is 0.00000114. The fraction of sp³-hybridized carbons (Fsp3) is 0.938. The molecule has 78 heavy (non-hydrogen) atoms. The van der Waals surface area contributed by atoms with Crippen molar-refractivity contribution in [3.05, 3.63) is 0 Å². The van der Waals surface area contributed by atoms with E-state index in [0.29, 0.717) is 38.5 Å². The average molecular weight is 1190 g/mol. The standard InChI is InChI=1S/C18H26F6O4.2C15H24F6O4/c1-4-15(3,14(25)27-5-2)9-28-13-8-10-6-11(13)12(7-10)16(26,17(19,20)21)18(22,23)24;1-4-12(3,11(22)25-5-2)8-6-7-9-24-10-13(23,14(16,17)18)15(19,20)21;1-4-6-8-25-11(22)12(3,5-2)10-24-9-7-13(23,14(16,17)18)15(19,20)21/h10-13,26H,4-9H2,1-3H3;2*23H,4-10H2,1-3H3. The first-order valence-corrected chi connectivity index (χ1v) is 25.1. The normalized spacial score (nSPS) is 21.0. The van der Waals surface area contributed by atoms with Gasteiger partial charge in [-0.2, -0.15) is 79.0 Å². The second-order valence-electron chi connectivity index (χ2n) is 20.2. The number of aliphatic hydroxyl groups is 3. The summed E-state index contributed by atoms with van der Waals surface area (Å²) in [4.78, 5) is 35.9. The molecule has 2 aliphatic rings. The lowest BCUT2D eigenvalue weighted by atomic mass is 9.74. The van der Waals surface area contributed by atoms with Crippen molar-refractivity contribution in [3.8, 4) is 0 Å². The summed E-state index contributed by atoms with van der Waals surface area (Å²) >= 11 is 0. The van der Waals surface area contributed by atoms with Gasteiger partial charge in [0.2, 0.25) is 0 Å². The molecule has 0 heterocycles. The van der Waals surface area contributed by atoms with Gasteiger partial charge < -0.3 is 43.7 Å². The van der Waals surface area contributed by atoms with E-state index in [1.165, 1.54) is 6.92 Å². The van der Waals surface area contributed by atoms with Crippen LogP contribution in [0.15, 0.2) is 0 Å². The van der Waals surface area contributed by atoms with Gasteiger partial charge >= 0.3 is 55.0 Å². The number of hydrogen-bond acceptors (Lipinski definition) is 12. The number of alkyl halides is 18. The highest BCUT2D eigenvalue weighted by molar-refractivity contribution is 5.77. The summed E-state index contributed by atoms with van der Waals surface area (Å²) < 4.78 is 259. The van der Waals surface area contributed by atoms with E-state index < -0.39 is 139 Å². The van der Waals surface area contributed by atoms with Crippen LogP contribution in [-0.4, -0.2) is 146 Å². The van der Waals surface area contributed by atoms with Crippen LogP contribution < -0.4 is 0 Å². The monoisotopic (exact) mass is 1180 g/mol. The van der Waals surface area contributed by atoms with Gasteiger partial charge in [0.05, 0.1) is 68.6 Å². The van der Waals surface area contributed by atoms with Gasteiger partial charge in [0.1, 0.15) is 0 Å². The minimum absolute atomic E-state index is 0.131. The van der Waals surface area contributed by atoms with Gasteiger partial charge in [0, 0.05) is 18.9 Å². The van der Waals surface area contributed by atoms with E-state index in [1.807, 2.05) is 6.92 Å². The molecule has 12 nitrogen and oxygen atoms in total. The summed E-state index contributed by atoms with van der Waals surface area (Å²) in [5.74, 6) is -5.05. The van der Waals surface area contributed by atoms with E-state index in [4.69, 9.17) is 33.9 Å². The van der Waals surface area contributed by atoms with Crippen molar-refractivity contribution >= 4 is 17.9 Å². The van der Waals surface area contributed by atoms with Crippen LogP contribution in [0.1, 0.15) is 139 Å². The van der Waals surface area contributed by atoms with Crippen molar-refractivity contribution < 1.29 is 137 Å². The van der Waals surface area contributed by atoms with Crippen molar-refractivity contribution in [3.63, 3.8) is 0 Å². The van der Waals surface area contributed by atoms with Crippen molar-refractivity contribution in [2.24, 2.45) is 34.0 Å². The molecule has 30 heteroatoms. The topological polar surface area (TPSA) is 167 Å². The molecule has 464 valence electrons. The molecule has 0 aromatic carbocycles. The second kappa shape index (κ2) is 29.2. The van der Waals surface area contributed by atoms with E-state index >= 15 is 0 Å². The molecule has 0 amide bonds. The summed E-state index contributed by atoms with van der Waals surface area (Å²) in [7, 11) is 0. The van der Waals surface area contributed by atoms with Crippen LogP contribution in [0.4, 0.5) is 79.0 Å². The number of carbonyl (C=O) groups is 3. The Morgan fingerprint density at radius 1 is 0.449 bits per heavy atom. The molecule has 2 saturated carbocycles. The van der Waals surface area contributed by atoms with Crippen molar-refractivity contribution in [2.45, 2.75) is 199 Å². The van der Waals surface area contributed by atoms with Crippen molar-refractivity contribution in [1.82, 2.24) is 0 Å². The Morgan fingerprint density at radius 2 is 0.872 bits per heavy atom. The van der Waals surface area contributed by atoms with Crippen LogP contribution in [0.5, 0.6) is 0 Å². The van der Waals surface area contributed by atoms with Crippen LogP contribution in [-0.2, 0) is 42.8 Å². The third-order valence-corrected chi connectivity index (χ3v) is 14.4. The Bertz CT molecular complexity index is 1780. The maximum atomic E-state index is 13.3. The van der Waals surface area contributed by atoms with E-state index in [-0.39, 0.29) is 58.0 Å². The molecule has 3 N–H and O–H groups in total. The SMILES string of the molecule is CCCCOC(=O)C(C)(CC)COCCC(O)(C(F)(F)F)C(F)(F)F.CCOC(=O)C(C)(CC)CCCCOCC(O)(C(F)(F)F)C(F)(F)F.CCOC(=O)C(C)(CC)COC1CC2CC1C(C(O)(C(F)(F)F)C(F)(F)F)C2. The zero-order valence-electron chi connectivity index (χ0n) is 44.8. The first kappa shape index (κ1) is 74.9. The molecular formula is C48H74F18O12. The molecule has 0 saturated heterocycles. The van der Waals surface area contributed by atoms with E-state index in [9.17, 15) is 98.5 Å². The molecule has 0 spiro atoms. The highest BCUT2D eigenvalue weighted by Crippen LogP contribution is 2.60. The molecule has 0 aromatic heterocycles. The molecule has 0 aliphatic heterocycles. The summed E-state index contributed by atoms with van der Waals surface area (Å²) in [5.41, 5.74) is -17.5. The van der Waals surface area contributed by atoms with E-state index in [2.05, 4.69) is 4.74 Å². The lowest BCUT2D eigenvalue weighted by molar-refractivity contribution is -0.390. The van der Waals surface area contributed by atoms with Gasteiger partial charge in [0.25, 0.3) is 16.8 Å². The van der Waals surface area contributed by atoms with Crippen LogP contribution in [0.25, 0.3) is 0 Å². The van der Waals surface area contributed by atoms with Crippen molar-refractivity contribution in [2.75, 3.05) is 52.9 Å². The Kier molecular flexibility index (Phi) is 28.1. The molecular weight excluding hydrogens is 1110 g/mol. The third-order valence-electron chi connectivity index (χ3n) is 14.4. The van der Waals surface area contributed by atoms with Crippen LogP contribution in [0.2, 0.25) is 0 Å². The first-order valence-electron chi connectivity index (χ1n) is 25.1. The fourth-order valence-electron chi connectivity index (χ4n) is 8.18. The lowest BCUT2D eigenvalue weighted by Gasteiger charge is -2.43. The molecule has 7 unspecified atom stereocenters. The predicted molar refractivity (Wildman–Crippen MR) is 240 cm³/mol. The number of esters is 3. The maximum Gasteiger partial charge on any atom is 0.428 e. The number of ether oxygens (including phenoxy) is 6. The Morgan fingerprint density at radius 3 is 1.27 bits per heavy atom. The highest BCUT2D eigenvalue weighted by Gasteiger charge is 2.77.